The number of nitrogens with zero attached hydrogens (tertiary/aromatic N) is 2. The number of hydrogen-bond acceptors (Lipinski definition) is 5. The molecule has 0 spiro atoms. The maximum Gasteiger partial charge on any atom is 0.217 e. The predicted octanol–water partition coefficient (Wildman–Crippen LogP) is 2.39. The van der Waals surface area contributed by atoms with Gasteiger partial charge in [-0.15, -0.1) is 0 Å². The van der Waals surface area contributed by atoms with Gasteiger partial charge >= 0.3 is 0 Å². The Morgan fingerprint density at radius 1 is 1.32 bits per heavy atom. The minimum absolute atomic E-state index is 0.130. The van der Waals surface area contributed by atoms with Gasteiger partial charge in [-0.2, -0.15) is 4.98 Å². The number of ether oxygens (including phenoxy) is 2. The molecule has 1 aliphatic heterocycles. The Hall–Kier alpha value is -1.69. The molecule has 5 nitrogen and oxygen atoms in total. The Kier molecular flexibility index (Phi) is 4.87. The van der Waals surface area contributed by atoms with Crippen molar-refractivity contribution in [3.05, 3.63) is 52.4 Å². The maximum absolute atomic E-state index is 5.97. The van der Waals surface area contributed by atoms with Gasteiger partial charge in [0, 0.05) is 25.6 Å². The standard InChI is InChI=1S/C16H18ClN3O2/c1-21-16-9-14(17)19-15(20-16)8-11-2-4-12(5-3-11)13-10-18-6-7-22-13/h2-5,9,13,18H,6-8,10H2,1H3/t13-/m0/s1. The van der Waals surface area contributed by atoms with E-state index in [1.165, 1.54) is 5.56 Å². The number of hydrogen-bond donors (Lipinski definition) is 1. The fraction of sp³-hybridized carbons (Fsp3) is 0.375. The highest BCUT2D eigenvalue weighted by molar-refractivity contribution is 6.29. The van der Waals surface area contributed by atoms with Crippen LogP contribution in [0.2, 0.25) is 5.15 Å². The summed E-state index contributed by atoms with van der Waals surface area (Å²) in [4.78, 5) is 8.54. The van der Waals surface area contributed by atoms with Crippen molar-refractivity contribution < 1.29 is 9.47 Å². The van der Waals surface area contributed by atoms with Crippen molar-refractivity contribution >= 4 is 11.6 Å². The van der Waals surface area contributed by atoms with Crippen molar-refractivity contribution in [1.29, 1.82) is 0 Å². The van der Waals surface area contributed by atoms with Crippen molar-refractivity contribution in [2.75, 3.05) is 26.8 Å². The highest BCUT2D eigenvalue weighted by Crippen LogP contribution is 2.20. The summed E-state index contributed by atoms with van der Waals surface area (Å²) >= 11 is 5.97. The lowest BCUT2D eigenvalue weighted by Crippen LogP contribution is -2.33. The molecule has 22 heavy (non-hydrogen) atoms. The molecule has 0 radical (unpaired) electrons. The first-order valence-corrected chi connectivity index (χ1v) is 7.61. The summed E-state index contributed by atoms with van der Waals surface area (Å²) < 4.78 is 10.9. The molecule has 0 aliphatic carbocycles. The molecule has 1 saturated heterocycles. The molecule has 1 aromatic carbocycles. The van der Waals surface area contributed by atoms with E-state index in [0.717, 1.165) is 25.3 Å². The normalized spacial score (nSPS) is 18.2. The molecule has 2 heterocycles. The minimum atomic E-state index is 0.130. The van der Waals surface area contributed by atoms with E-state index in [4.69, 9.17) is 21.1 Å². The Labute approximate surface area is 134 Å². The molecule has 116 valence electrons. The number of halogens is 1. The van der Waals surface area contributed by atoms with Crippen molar-refractivity contribution in [1.82, 2.24) is 15.3 Å². The highest BCUT2D eigenvalue weighted by atomic mass is 35.5. The van der Waals surface area contributed by atoms with E-state index in [-0.39, 0.29) is 6.10 Å². The summed E-state index contributed by atoms with van der Waals surface area (Å²) in [7, 11) is 1.56. The van der Waals surface area contributed by atoms with Crippen LogP contribution in [-0.2, 0) is 11.2 Å². The molecule has 2 aromatic rings. The average Bonchev–Trinajstić information content (AvgIpc) is 2.56. The molecule has 0 unspecified atom stereocenters. The molecule has 1 aliphatic rings. The molecular formula is C16H18ClN3O2. The highest BCUT2D eigenvalue weighted by Gasteiger charge is 2.15. The van der Waals surface area contributed by atoms with Crippen LogP contribution in [0.4, 0.5) is 0 Å². The lowest BCUT2D eigenvalue weighted by molar-refractivity contribution is 0.0277. The lowest BCUT2D eigenvalue weighted by Gasteiger charge is -2.24. The number of rotatable bonds is 4. The Morgan fingerprint density at radius 2 is 2.14 bits per heavy atom. The Bertz CT molecular complexity index is 628. The Balaban J connectivity index is 1.71. The molecular weight excluding hydrogens is 302 g/mol. The van der Waals surface area contributed by atoms with Gasteiger partial charge in [0.1, 0.15) is 11.0 Å². The molecule has 1 aromatic heterocycles. The van der Waals surface area contributed by atoms with Gasteiger partial charge < -0.3 is 14.8 Å². The van der Waals surface area contributed by atoms with Crippen LogP contribution in [0, 0.1) is 0 Å². The molecule has 0 amide bonds. The number of aromatic nitrogens is 2. The van der Waals surface area contributed by atoms with Crippen LogP contribution in [-0.4, -0.2) is 36.8 Å². The van der Waals surface area contributed by atoms with E-state index in [0.29, 0.717) is 23.3 Å². The topological polar surface area (TPSA) is 56.3 Å². The van der Waals surface area contributed by atoms with Crippen molar-refractivity contribution in [2.45, 2.75) is 12.5 Å². The van der Waals surface area contributed by atoms with Crippen molar-refractivity contribution in [3.8, 4) is 5.88 Å². The van der Waals surface area contributed by atoms with Gasteiger partial charge in [0.15, 0.2) is 0 Å². The third kappa shape index (κ3) is 3.74. The summed E-state index contributed by atoms with van der Waals surface area (Å²) in [5.41, 5.74) is 2.30. The molecule has 1 fully saturated rings. The number of nitrogens with one attached hydrogen (secondary N) is 1. The fourth-order valence-electron chi connectivity index (χ4n) is 2.44. The predicted molar refractivity (Wildman–Crippen MR) is 84.4 cm³/mol. The van der Waals surface area contributed by atoms with E-state index >= 15 is 0 Å². The molecule has 0 saturated carbocycles. The zero-order valence-corrected chi connectivity index (χ0v) is 13.1. The first kappa shape index (κ1) is 15.2. The third-order valence-electron chi connectivity index (χ3n) is 3.57. The summed E-state index contributed by atoms with van der Waals surface area (Å²) in [5, 5.41) is 3.72. The van der Waals surface area contributed by atoms with E-state index < -0.39 is 0 Å². The van der Waals surface area contributed by atoms with Crippen molar-refractivity contribution in [2.24, 2.45) is 0 Å². The van der Waals surface area contributed by atoms with Crippen LogP contribution in [0.3, 0.4) is 0 Å². The van der Waals surface area contributed by atoms with Crippen LogP contribution < -0.4 is 10.1 Å². The van der Waals surface area contributed by atoms with Crippen molar-refractivity contribution in [3.63, 3.8) is 0 Å². The molecule has 0 bridgehead atoms. The first-order valence-electron chi connectivity index (χ1n) is 7.23. The SMILES string of the molecule is COc1cc(Cl)nc(Cc2ccc([C@@H]3CNCCO3)cc2)n1. The minimum Gasteiger partial charge on any atom is -0.481 e. The molecule has 1 atom stereocenters. The second kappa shape index (κ2) is 7.05. The molecule has 1 N–H and O–H groups in total. The van der Waals surface area contributed by atoms with Crippen LogP contribution in [0.25, 0.3) is 0 Å². The van der Waals surface area contributed by atoms with E-state index in [1.54, 1.807) is 13.2 Å². The van der Waals surface area contributed by atoms with E-state index in [9.17, 15) is 0 Å². The second-order valence-electron chi connectivity index (χ2n) is 5.13. The first-order chi connectivity index (χ1) is 10.7. The van der Waals surface area contributed by atoms with E-state index in [2.05, 4.69) is 39.6 Å². The molecule has 6 heteroatoms. The quantitative estimate of drug-likeness (QED) is 0.877. The van der Waals surface area contributed by atoms with Crippen LogP contribution in [0.5, 0.6) is 5.88 Å². The summed E-state index contributed by atoms with van der Waals surface area (Å²) in [5.74, 6) is 1.13. The summed E-state index contributed by atoms with van der Waals surface area (Å²) in [6.07, 6.45) is 0.742. The van der Waals surface area contributed by atoms with Gasteiger partial charge in [-0.1, -0.05) is 35.9 Å². The van der Waals surface area contributed by atoms with Crippen LogP contribution in [0.15, 0.2) is 30.3 Å². The lowest BCUT2D eigenvalue weighted by atomic mass is 10.0. The number of morpholine rings is 1. The van der Waals surface area contributed by atoms with Crippen LogP contribution in [0.1, 0.15) is 23.1 Å². The number of methoxy groups -OCH3 is 1. The molecule has 3 rings (SSSR count). The smallest absolute Gasteiger partial charge is 0.217 e. The van der Waals surface area contributed by atoms with Gasteiger partial charge in [-0.05, 0) is 11.1 Å². The largest absolute Gasteiger partial charge is 0.481 e. The maximum atomic E-state index is 5.97. The Morgan fingerprint density at radius 3 is 2.82 bits per heavy atom. The van der Waals surface area contributed by atoms with Gasteiger partial charge in [-0.25, -0.2) is 4.98 Å². The van der Waals surface area contributed by atoms with Gasteiger partial charge in [0.05, 0.1) is 19.8 Å². The van der Waals surface area contributed by atoms with Crippen LogP contribution >= 0.6 is 11.6 Å². The monoisotopic (exact) mass is 319 g/mol. The number of benzene rings is 1. The van der Waals surface area contributed by atoms with Gasteiger partial charge in [-0.3, -0.25) is 0 Å². The fourth-order valence-corrected chi connectivity index (χ4v) is 2.63. The van der Waals surface area contributed by atoms with Gasteiger partial charge in [0.2, 0.25) is 5.88 Å². The third-order valence-corrected chi connectivity index (χ3v) is 3.76. The average molecular weight is 320 g/mol. The van der Waals surface area contributed by atoms with E-state index in [1.807, 2.05) is 0 Å². The summed E-state index contributed by atoms with van der Waals surface area (Å²) in [6, 6.07) is 9.93. The van der Waals surface area contributed by atoms with Gasteiger partial charge in [0.25, 0.3) is 0 Å². The second-order valence-corrected chi connectivity index (χ2v) is 5.52. The zero-order valence-electron chi connectivity index (χ0n) is 12.4. The summed E-state index contributed by atoms with van der Waals surface area (Å²) in [6.45, 7) is 2.53. The zero-order chi connectivity index (χ0) is 15.4.